The smallest absolute Gasteiger partial charge is 0.373 e. The molecule has 0 saturated heterocycles. The van der Waals surface area contributed by atoms with Crippen LogP contribution < -0.4 is 9.47 Å². The van der Waals surface area contributed by atoms with Crippen LogP contribution in [0.3, 0.4) is 0 Å². The van der Waals surface area contributed by atoms with E-state index in [0.29, 0.717) is 5.56 Å². The predicted octanol–water partition coefficient (Wildman–Crippen LogP) is 5.68. The van der Waals surface area contributed by atoms with E-state index in [0.717, 1.165) is 16.4 Å². The summed E-state index contributed by atoms with van der Waals surface area (Å²) in [4.78, 5) is 27.0. The third-order valence-corrected chi connectivity index (χ3v) is 5.02. The van der Waals surface area contributed by atoms with E-state index >= 15 is 0 Å². The van der Waals surface area contributed by atoms with Gasteiger partial charge >= 0.3 is 12.1 Å². The Kier molecular flexibility index (Phi) is 22.2. The van der Waals surface area contributed by atoms with E-state index in [9.17, 15) is 18.0 Å². The summed E-state index contributed by atoms with van der Waals surface area (Å²) in [6, 6.07) is 5.54. The van der Waals surface area contributed by atoms with Crippen molar-refractivity contribution >= 4 is 36.5 Å². The number of halogens is 3. The van der Waals surface area contributed by atoms with E-state index in [-0.39, 0.29) is 42.4 Å². The Morgan fingerprint density at radius 1 is 0.941 bits per heavy atom. The molecule has 0 radical (unpaired) electrons. The van der Waals surface area contributed by atoms with E-state index in [2.05, 4.69) is 22.1 Å². The van der Waals surface area contributed by atoms with E-state index in [1.807, 2.05) is 6.92 Å². The third kappa shape index (κ3) is 13.2. The van der Waals surface area contributed by atoms with Gasteiger partial charge in [0.25, 0.3) is 0 Å². The Labute approximate surface area is 208 Å². The highest BCUT2D eigenvalue weighted by molar-refractivity contribution is 7.99. The van der Waals surface area contributed by atoms with E-state index in [4.69, 9.17) is 14.3 Å². The first-order chi connectivity index (χ1) is 15.6. The average Bonchev–Trinajstić information content (AvgIpc) is 2.82. The van der Waals surface area contributed by atoms with Crippen LogP contribution in [0.25, 0.3) is 0 Å². The second-order valence-electron chi connectivity index (χ2n) is 5.64. The maximum absolute atomic E-state index is 13.1. The van der Waals surface area contributed by atoms with Gasteiger partial charge in [-0.05, 0) is 43.9 Å². The van der Waals surface area contributed by atoms with Gasteiger partial charge in [0.15, 0.2) is 11.6 Å². The van der Waals surface area contributed by atoms with Crippen LogP contribution in [0.1, 0.15) is 25.5 Å². The molecule has 0 spiro atoms. The summed E-state index contributed by atoms with van der Waals surface area (Å²) in [6.45, 7) is 5.18. The molecule has 192 valence electrons. The average molecular weight is 525 g/mol. The molecule has 0 fully saturated rings. The molecule has 0 heterocycles. The Morgan fingerprint density at radius 2 is 1.38 bits per heavy atom. The standard InChI is InChI=1S/C10H13FOS.C8H8F2O.C3H6O2S.CO2.CH4/c1-4-13-10-7(2)8(11)5-6-9(10)12-3;1-5-6(9)3-4-7(11-2)8(5)10;1-5-3(4)2-6;2-1-3;/h5-6H,4H2,1-3H3;3-4H,1-2H3;6H,2H2,1H3;;1H4. The summed E-state index contributed by atoms with van der Waals surface area (Å²) in [6.07, 6.45) is 0.250. The molecule has 0 atom stereocenters. The number of benzene rings is 2. The van der Waals surface area contributed by atoms with Crippen molar-refractivity contribution in [3.05, 3.63) is 52.8 Å². The van der Waals surface area contributed by atoms with Crippen molar-refractivity contribution in [2.75, 3.05) is 32.8 Å². The Bertz CT molecular complexity index is 899. The molecule has 34 heavy (non-hydrogen) atoms. The van der Waals surface area contributed by atoms with Gasteiger partial charge in [-0.15, -0.1) is 11.8 Å². The highest BCUT2D eigenvalue weighted by atomic mass is 32.2. The first-order valence-corrected chi connectivity index (χ1v) is 10.8. The molecule has 0 unspecified atom stereocenters. The minimum atomic E-state index is -0.632. The molecule has 0 aliphatic heterocycles. The summed E-state index contributed by atoms with van der Waals surface area (Å²) in [5.41, 5.74) is 0.663. The van der Waals surface area contributed by atoms with Gasteiger partial charge in [0.2, 0.25) is 0 Å². The number of methoxy groups -OCH3 is 3. The molecule has 0 N–H and O–H groups in total. The lowest BCUT2D eigenvalue weighted by Crippen LogP contribution is -1.99. The zero-order chi connectivity index (χ0) is 26.0. The van der Waals surface area contributed by atoms with Gasteiger partial charge in [-0.1, -0.05) is 14.4 Å². The zero-order valence-corrected chi connectivity index (χ0v) is 20.9. The molecule has 2 rings (SSSR count). The maximum Gasteiger partial charge on any atom is 0.373 e. The Morgan fingerprint density at radius 3 is 1.74 bits per heavy atom. The zero-order valence-electron chi connectivity index (χ0n) is 19.2. The number of thioether (sulfide) groups is 1. The molecule has 0 aromatic heterocycles. The monoisotopic (exact) mass is 524 g/mol. The maximum atomic E-state index is 13.1. The van der Waals surface area contributed by atoms with Gasteiger partial charge in [-0.25, -0.2) is 13.2 Å². The van der Waals surface area contributed by atoms with Crippen molar-refractivity contribution in [1.82, 2.24) is 0 Å². The normalized spacial score (nSPS) is 8.65. The topological polar surface area (TPSA) is 78.9 Å². The summed E-state index contributed by atoms with van der Waals surface area (Å²) < 4.78 is 52.6. The van der Waals surface area contributed by atoms with Crippen molar-refractivity contribution in [3.8, 4) is 11.5 Å². The quantitative estimate of drug-likeness (QED) is 0.306. The van der Waals surface area contributed by atoms with Crippen LogP contribution in [0.15, 0.2) is 29.2 Å². The number of thiol groups is 1. The fourth-order valence-electron chi connectivity index (χ4n) is 1.99. The molecule has 2 aromatic rings. The molecule has 6 nitrogen and oxygen atoms in total. The molecule has 2 aromatic carbocycles. The number of hydrogen-bond acceptors (Lipinski definition) is 8. The fourth-order valence-corrected chi connectivity index (χ4v) is 3.01. The van der Waals surface area contributed by atoms with Crippen LogP contribution in [0, 0.1) is 31.3 Å². The Hall–Kier alpha value is -2.62. The van der Waals surface area contributed by atoms with Gasteiger partial charge < -0.3 is 14.2 Å². The summed E-state index contributed by atoms with van der Waals surface area (Å²) in [5, 5.41) is 0. The van der Waals surface area contributed by atoms with Crippen molar-refractivity contribution in [3.63, 3.8) is 0 Å². The van der Waals surface area contributed by atoms with Crippen molar-refractivity contribution < 1.29 is 41.8 Å². The van der Waals surface area contributed by atoms with Crippen LogP contribution >= 0.6 is 24.4 Å². The Balaban J connectivity index is -0.000000416. The van der Waals surface area contributed by atoms with Crippen LogP contribution in [0.5, 0.6) is 11.5 Å². The summed E-state index contributed by atoms with van der Waals surface area (Å²) >= 11 is 5.22. The van der Waals surface area contributed by atoms with Crippen molar-refractivity contribution in [1.29, 1.82) is 0 Å². The lowest BCUT2D eigenvalue weighted by Gasteiger charge is -2.10. The van der Waals surface area contributed by atoms with Crippen LogP contribution in [-0.2, 0) is 19.1 Å². The van der Waals surface area contributed by atoms with Crippen LogP contribution in [0.2, 0.25) is 0 Å². The minimum absolute atomic E-state index is 0. The van der Waals surface area contributed by atoms with Gasteiger partial charge in [0.1, 0.15) is 17.4 Å². The van der Waals surface area contributed by atoms with E-state index in [1.54, 1.807) is 31.9 Å². The second kappa shape index (κ2) is 20.9. The van der Waals surface area contributed by atoms with Gasteiger partial charge in [-0.3, -0.25) is 4.79 Å². The van der Waals surface area contributed by atoms with E-state index < -0.39 is 11.6 Å². The third-order valence-electron chi connectivity index (χ3n) is 3.67. The summed E-state index contributed by atoms with van der Waals surface area (Å²) in [5.74, 6) is 0.262. The molecule has 11 heteroatoms. The highest BCUT2D eigenvalue weighted by Gasteiger charge is 2.10. The molecule has 0 amide bonds. The first kappa shape index (κ1) is 36.0. The number of rotatable bonds is 5. The molecular weight excluding hydrogens is 493 g/mol. The highest BCUT2D eigenvalue weighted by Crippen LogP contribution is 2.33. The minimum Gasteiger partial charge on any atom is -0.496 e. The van der Waals surface area contributed by atoms with Gasteiger partial charge in [0.05, 0.1) is 32.0 Å². The van der Waals surface area contributed by atoms with Crippen molar-refractivity contribution in [2.24, 2.45) is 0 Å². The van der Waals surface area contributed by atoms with Crippen LogP contribution in [-0.4, -0.2) is 45.0 Å². The number of esters is 1. The largest absolute Gasteiger partial charge is 0.496 e. The molecule has 0 aliphatic rings. The number of carbonyl (C=O) groups excluding carboxylic acids is 3. The summed E-state index contributed by atoms with van der Waals surface area (Å²) in [7, 11) is 4.28. The lowest BCUT2D eigenvalue weighted by atomic mass is 10.2. The fraction of sp³-hybridized carbons (Fsp3) is 0.391. The number of hydrogen-bond donors (Lipinski definition) is 1. The SMILES string of the molecule is C.CCSc1c(OC)ccc(F)c1C.COC(=O)CS.COc1ccc(F)c(C)c1F.O=C=O. The molecule has 0 bridgehead atoms. The van der Waals surface area contributed by atoms with Gasteiger partial charge in [-0.2, -0.15) is 22.2 Å². The van der Waals surface area contributed by atoms with Crippen molar-refractivity contribution in [2.45, 2.75) is 33.1 Å². The molecular formula is C23H31F3O6S2. The van der Waals surface area contributed by atoms with E-state index in [1.165, 1.54) is 39.3 Å². The molecule has 0 saturated carbocycles. The predicted molar refractivity (Wildman–Crippen MR) is 129 cm³/mol. The number of carbonyl (C=O) groups is 1. The van der Waals surface area contributed by atoms with Crippen LogP contribution in [0.4, 0.5) is 13.2 Å². The van der Waals surface area contributed by atoms with Gasteiger partial charge in [0, 0.05) is 11.1 Å². The lowest BCUT2D eigenvalue weighted by molar-refractivity contribution is -0.191. The number of ether oxygens (including phenoxy) is 3. The first-order valence-electron chi connectivity index (χ1n) is 9.21. The second-order valence-corrected chi connectivity index (χ2v) is 7.23. The molecule has 0 aliphatic carbocycles.